The van der Waals surface area contributed by atoms with Crippen LogP contribution in [0.3, 0.4) is 0 Å². The van der Waals surface area contributed by atoms with Crippen molar-refractivity contribution in [3.8, 4) is 34.1 Å². The minimum absolute atomic E-state index is 0.669. The van der Waals surface area contributed by atoms with Gasteiger partial charge in [-0.15, -0.1) is 0 Å². The molecule has 0 aliphatic rings. The lowest BCUT2D eigenvalue weighted by Gasteiger charge is -2.19. The van der Waals surface area contributed by atoms with E-state index >= 15 is 0 Å². The van der Waals surface area contributed by atoms with E-state index in [-0.39, 0.29) is 0 Å². The largest absolute Gasteiger partial charge is 0.493 e. The Labute approximate surface area is 194 Å². The molecule has 3 heterocycles. The molecule has 33 heavy (non-hydrogen) atoms. The zero-order valence-corrected chi connectivity index (χ0v) is 20.0. The third-order valence-electron chi connectivity index (χ3n) is 5.60. The van der Waals surface area contributed by atoms with E-state index in [1.54, 1.807) is 20.4 Å². The summed E-state index contributed by atoms with van der Waals surface area (Å²) in [7, 11) is 9.39. The molecule has 0 saturated carbocycles. The number of nitrogens with zero attached hydrogens (tertiary/aromatic N) is 6. The van der Waals surface area contributed by atoms with Crippen molar-refractivity contribution in [3.05, 3.63) is 54.2 Å². The van der Waals surface area contributed by atoms with Crippen molar-refractivity contribution in [1.29, 1.82) is 0 Å². The molecule has 172 valence electrons. The molecule has 0 saturated heterocycles. The zero-order chi connectivity index (χ0) is 23.5. The van der Waals surface area contributed by atoms with Gasteiger partial charge in [-0.1, -0.05) is 0 Å². The summed E-state index contributed by atoms with van der Waals surface area (Å²) < 4.78 is 12.8. The molecule has 8 nitrogen and oxygen atoms in total. The van der Waals surface area contributed by atoms with Crippen molar-refractivity contribution >= 4 is 11.5 Å². The highest BCUT2D eigenvalue weighted by Gasteiger charge is 2.16. The number of benzene rings is 1. The molecular weight excluding hydrogens is 416 g/mol. The first-order valence-electron chi connectivity index (χ1n) is 10.8. The van der Waals surface area contributed by atoms with E-state index in [1.165, 1.54) is 0 Å². The SMILES string of the molecule is COc1ccc(-c2ccc3cc(C)c(-c4ccnc(N(C)CCN(C)C)n4)n3n2)cc1OC. The van der Waals surface area contributed by atoms with E-state index in [1.807, 2.05) is 41.9 Å². The predicted octanol–water partition coefficient (Wildman–Crippen LogP) is 3.78. The van der Waals surface area contributed by atoms with Crippen LogP contribution in [0.25, 0.3) is 28.2 Å². The van der Waals surface area contributed by atoms with Gasteiger partial charge in [0.2, 0.25) is 5.95 Å². The molecule has 4 rings (SSSR count). The molecule has 0 unspecified atom stereocenters. The first-order valence-corrected chi connectivity index (χ1v) is 10.8. The molecular formula is C25H30N6O2. The maximum atomic E-state index is 5.47. The van der Waals surface area contributed by atoms with E-state index in [0.29, 0.717) is 17.4 Å². The van der Waals surface area contributed by atoms with E-state index in [0.717, 1.165) is 46.8 Å². The highest BCUT2D eigenvalue weighted by Crippen LogP contribution is 2.33. The van der Waals surface area contributed by atoms with E-state index in [9.17, 15) is 0 Å². The molecule has 8 heteroatoms. The smallest absolute Gasteiger partial charge is 0.225 e. The standard InChI is InChI=1S/C25H30N6O2/c1-17-15-19-8-9-20(18-7-10-22(32-5)23(16-18)33-6)28-31(19)24(17)21-11-12-26-25(27-21)30(4)14-13-29(2)3/h7-12,15-16H,13-14H2,1-6H3. The Morgan fingerprint density at radius 3 is 2.39 bits per heavy atom. The van der Waals surface area contributed by atoms with Crippen molar-refractivity contribution in [2.75, 3.05) is 53.4 Å². The molecule has 0 aliphatic carbocycles. The average molecular weight is 447 g/mol. The minimum Gasteiger partial charge on any atom is -0.493 e. The van der Waals surface area contributed by atoms with Crippen LogP contribution >= 0.6 is 0 Å². The fourth-order valence-electron chi connectivity index (χ4n) is 3.75. The monoisotopic (exact) mass is 446 g/mol. The molecule has 0 amide bonds. The van der Waals surface area contributed by atoms with Crippen molar-refractivity contribution in [3.63, 3.8) is 0 Å². The molecule has 0 bridgehead atoms. The van der Waals surface area contributed by atoms with Crippen molar-refractivity contribution in [1.82, 2.24) is 24.5 Å². The summed E-state index contributed by atoms with van der Waals surface area (Å²) >= 11 is 0. The fraction of sp³-hybridized carbons (Fsp3) is 0.320. The Bertz CT molecular complexity index is 1270. The Hall–Kier alpha value is -3.65. The molecule has 1 aromatic carbocycles. The van der Waals surface area contributed by atoms with E-state index < -0.39 is 0 Å². The molecule has 0 N–H and O–H groups in total. The van der Waals surface area contributed by atoms with Gasteiger partial charge in [0.1, 0.15) is 0 Å². The number of aromatic nitrogens is 4. The molecule has 0 atom stereocenters. The van der Waals surface area contributed by atoms with Gasteiger partial charge < -0.3 is 19.3 Å². The second kappa shape index (κ2) is 9.46. The molecule has 4 aromatic rings. The molecule has 0 fully saturated rings. The summed E-state index contributed by atoms with van der Waals surface area (Å²) in [6, 6.07) is 13.9. The average Bonchev–Trinajstić information content (AvgIpc) is 3.16. The molecule has 0 spiro atoms. The lowest BCUT2D eigenvalue weighted by Crippen LogP contribution is -2.29. The minimum atomic E-state index is 0.669. The van der Waals surface area contributed by atoms with Crippen LogP contribution in [0.1, 0.15) is 5.56 Å². The van der Waals surface area contributed by atoms with Gasteiger partial charge >= 0.3 is 0 Å². The van der Waals surface area contributed by atoms with Crippen LogP contribution in [0.4, 0.5) is 5.95 Å². The maximum absolute atomic E-state index is 5.47. The first-order chi connectivity index (χ1) is 15.9. The van der Waals surface area contributed by atoms with E-state index in [2.05, 4.69) is 47.9 Å². The first kappa shape index (κ1) is 22.5. The van der Waals surface area contributed by atoms with Crippen molar-refractivity contribution in [2.24, 2.45) is 0 Å². The molecule has 0 aliphatic heterocycles. The maximum Gasteiger partial charge on any atom is 0.225 e. The van der Waals surface area contributed by atoms with Gasteiger partial charge in [-0.3, -0.25) is 0 Å². The summed E-state index contributed by atoms with van der Waals surface area (Å²) in [6.45, 7) is 3.84. The van der Waals surface area contributed by atoms with Crippen LogP contribution in [0.15, 0.2) is 48.7 Å². The van der Waals surface area contributed by atoms with Crippen LogP contribution in [0.2, 0.25) is 0 Å². The lowest BCUT2D eigenvalue weighted by molar-refractivity contribution is 0.355. The Kier molecular flexibility index (Phi) is 6.46. The highest BCUT2D eigenvalue weighted by atomic mass is 16.5. The van der Waals surface area contributed by atoms with Gasteiger partial charge in [0.15, 0.2) is 11.5 Å². The van der Waals surface area contributed by atoms with Gasteiger partial charge in [0, 0.05) is 31.9 Å². The highest BCUT2D eigenvalue weighted by molar-refractivity contribution is 5.71. The number of hydrogen-bond donors (Lipinski definition) is 0. The van der Waals surface area contributed by atoms with Gasteiger partial charge in [-0.2, -0.15) is 5.10 Å². The topological polar surface area (TPSA) is 68.0 Å². The fourth-order valence-corrected chi connectivity index (χ4v) is 3.75. The number of aryl methyl sites for hydroxylation is 1. The van der Waals surface area contributed by atoms with Gasteiger partial charge in [-0.05, 0) is 69.0 Å². The third kappa shape index (κ3) is 4.61. The Balaban J connectivity index is 1.76. The molecule has 3 aromatic heterocycles. The van der Waals surface area contributed by atoms with E-state index in [4.69, 9.17) is 19.6 Å². The van der Waals surface area contributed by atoms with Gasteiger partial charge in [0.25, 0.3) is 0 Å². The zero-order valence-electron chi connectivity index (χ0n) is 20.0. The number of methoxy groups -OCH3 is 2. The van der Waals surface area contributed by atoms with Crippen LogP contribution in [0, 0.1) is 6.92 Å². The second-order valence-electron chi connectivity index (χ2n) is 8.27. The van der Waals surface area contributed by atoms with Crippen LogP contribution in [0.5, 0.6) is 11.5 Å². The number of anilines is 1. The summed E-state index contributed by atoms with van der Waals surface area (Å²) in [5.74, 6) is 2.05. The van der Waals surface area contributed by atoms with Crippen molar-refractivity contribution < 1.29 is 9.47 Å². The Morgan fingerprint density at radius 2 is 1.67 bits per heavy atom. The number of fused-ring (bicyclic) bond motifs is 1. The summed E-state index contributed by atoms with van der Waals surface area (Å²) in [5.41, 5.74) is 5.68. The number of ether oxygens (including phenoxy) is 2. The normalized spacial score (nSPS) is 11.2. The number of hydrogen-bond acceptors (Lipinski definition) is 7. The molecule has 0 radical (unpaired) electrons. The lowest BCUT2D eigenvalue weighted by atomic mass is 10.1. The van der Waals surface area contributed by atoms with Crippen LogP contribution < -0.4 is 14.4 Å². The van der Waals surface area contributed by atoms with Gasteiger partial charge in [-0.25, -0.2) is 14.5 Å². The number of likely N-dealkylation sites (N-methyl/N-ethyl adjacent to an activating group) is 2. The van der Waals surface area contributed by atoms with Crippen LogP contribution in [-0.4, -0.2) is 72.9 Å². The van der Waals surface area contributed by atoms with Crippen molar-refractivity contribution in [2.45, 2.75) is 6.92 Å². The summed E-state index contributed by atoms with van der Waals surface area (Å²) in [4.78, 5) is 13.5. The number of rotatable bonds is 8. The summed E-state index contributed by atoms with van der Waals surface area (Å²) in [6.07, 6.45) is 1.81. The van der Waals surface area contributed by atoms with Gasteiger partial charge in [0.05, 0.1) is 36.8 Å². The second-order valence-corrected chi connectivity index (χ2v) is 8.27. The Morgan fingerprint density at radius 1 is 0.879 bits per heavy atom. The van der Waals surface area contributed by atoms with Crippen LogP contribution in [-0.2, 0) is 0 Å². The quantitative estimate of drug-likeness (QED) is 0.408. The summed E-state index contributed by atoms with van der Waals surface area (Å²) in [5, 5.41) is 4.95. The third-order valence-corrected chi connectivity index (χ3v) is 5.60. The predicted molar refractivity (Wildman–Crippen MR) is 131 cm³/mol.